The largest absolute Gasteiger partial charge is 0.384 e. The number of nitriles is 1. The predicted molar refractivity (Wildman–Crippen MR) is 126 cm³/mol. The highest BCUT2D eigenvalue weighted by Crippen LogP contribution is 2.31. The minimum atomic E-state index is -0.275. The first-order valence-corrected chi connectivity index (χ1v) is 11.3. The molecule has 1 fully saturated rings. The van der Waals surface area contributed by atoms with E-state index >= 15 is 0 Å². The van der Waals surface area contributed by atoms with Gasteiger partial charge in [0.1, 0.15) is 21.8 Å². The molecule has 2 aliphatic rings. The average molecular weight is 479 g/mol. The fourth-order valence-electron chi connectivity index (χ4n) is 4.69. The molecule has 5 rings (SSSR count). The molecule has 7 nitrogen and oxygen atoms in total. The first-order chi connectivity index (χ1) is 15.1. The maximum Gasteiger partial charge on any atom is 0.270 e. The molecule has 3 aromatic rings. The van der Waals surface area contributed by atoms with Crippen molar-refractivity contribution in [3.05, 3.63) is 62.0 Å². The smallest absolute Gasteiger partial charge is 0.270 e. The van der Waals surface area contributed by atoms with Gasteiger partial charge in [-0.3, -0.25) is 9.69 Å². The lowest BCUT2D eigenvalue weighted by atomic mass is 10.1. The van der Waals surface area contributed by atoms with Gasteiger partial charge in [0.15, 0.2) is 0 Å². The van der Waals surface area contributed by atoms with E-state index < -0.39 is 0 Å². The number of nitrogens with zero attached hydrogens (tertiary/aromatic N) is 5. The first-order valence-electron chi connectivity index (χ1n) is 10.5. The number of piperazine rings is 1. The van der Waals surface area contributed by atoms with Gasteiger partial charge in [0.2, 0.25) is 0 Å². The second-order valence-corrected chi connectivity index (χ2v) is 8.90. The van der Waals surface area contributed by atoms with Crippen LogP contribution in [0.2, 0.25) is 0 Å². The Morgan fingerprint density at radius 2 is 2.00 bits per heavy atom. The molecule has 158 valence electrons. The molecular weight excluding hydrogens is 456 g/mol. The molecule has 0 bridgehead atoms. The lowest BCUT2D eigenvalue weighted by molar-refractivity contribution is 0.250. The Kier molecular flexibility index (Phi) is 5.16. The van der Waals surface area contributed by atoms with Crippen LogP contribution >= 0.6 is 15.9 Å². The number of rotatable bonds is 3. The van der Waals surface area contributed by atoms with E-state index in [1.165, 1.54) is 21.4 Å². The molecule has 2 aromatic heterocycles. The number of pyridine rings is 2. The zero-order valence-electron chi connectivity index (χ0n) is 17.4. The first kappa shape index (κ1) is 20.0. The van der Waals surface area contributed by atoms with E-state index in [1.54, 1.807) is 7.05 Å². The summed E-state index contributed by atoms with van der Waals surface area (Å²) in [4.78, 5) is 22.0. The van der Waals surface area contributed by atoms with Gasteiger partial charge < -0.3 is 14.8 Å². The van der Waals surface area contributed by atoms with E-state index in [0.29, 0.717) is 15.8 Å². The number of aryl methyl sites for hydroxylation is 1. The van der Waals surface area contributed by atoms with Crippen molar-refractivity contribution in [1.29, 1.82) is 5.26 Å². The second-order valence-electron chi connectivity index (χ2n) is 8.09. The Morgan fingerprint density at radius 3 is 2.77 bits per heavy atom. The molecule has 0 radical (unpaired) electrons. The second kappa shape index (κ2) is 7.98. The summed E-state index contributed by atoms with van der Waals surface area (Å²) in [6.07, 6.45) is 1.09. The molecule has 0 aliphatic carbocycles. The minimum absolute atomic E-state index is 0.166. The third-order valence-electron chi connectivity index (χ3n) is 6.31. The van der Waals surface area contributed by atoms with Gasteiger partial charge in [0.25, 0.3) is 5.56 Å². The molecule has 4 heterocycles. The van der Waals surface area contributed by atoms with Crippen molar-refractivity contribution in [2.24, 2.45) is 7.05 Å². The number of halogens is 1. The fourth-order valence-corrected chi connectivity index (χ4v) is 5.00. The van der Waals surface area contributed by atoms with Gasteiger partial charge in [0.05, 0.1) is 11.2 Å². The van der Waals surface area contributed by atoms with Gasteiger partial charge in [-0.1, -0.05) is 18.2 Å². The van der Waals surface area contributed by atoms with Crippen LogP contribution in [0.3, 0.4) is 0 Å². The molecule has 1 N–H and O–H groups in total. The fraction of sp³-hybridized carbons (Fsp3) is 0.348. The van der Waals surface area contributed by atoms with Crippen LogP contribution in [-0.2, 0) is 20.0 Å². The molecule has 1 aromatic carbocycles. The number of hydrogen-bond acceptors (Lipinski definition) is 6. The number of hydrogen-bond donors (Lipinski definition) is 1. The molecule has 0 atom stereocenters. The summed E-state index contributed by atoms with van der Waals surface area (Å²) in [5.74, 6) is 0. The van der Waals surface area contributed by atoms with Crippen molar-refractivity contribution >= 4 is 38.3 Å². The van der Waals surface area contributed by atoms with Crippen LogP contribution in [-0.4, -0.2) is 47.2 Å². The van der Waals surface area contributed by atoms with Crippen molar-refractivity contribution in [1.82, 2.24) is 14.5 Å². The molecule has 8 heteroatoms. The van der Waals surface area contributed by atoms with Crippen molar-refractivity contribution in [3.63, 3.8) is 0 Å². The van der Waals surface area contributed by atoms with E-state index in [2.05, 4.69) is 60.3 Å². The van der Waals surface area contributed by atoms with Crippen LogP contribution in [0, 0.1) is 11.3 Å². The molecule has 0 spiro atoms. The summed E-state index contributed by atoms with van der Waals surface area (Å²) >= 11 is 3.44. The van der Waals surface area contributed by atoms with Crippen LogP contribution in [0.5, 0.6) is 0 Å². The Morgan fingerprint density at radius 1 is 1.19 bits per heavy atom. The van der Waals surface area contributed by atoms with Crippen LogP contribution in [0.15, 0.2) is 39.7 Å². The highest BCUT2D eigenvalue weighted by Gasteiger charge is 2.26. The van der Waals surface area contributed by atoms with E-state index in [1.807, 2.05) is 12.1 Å². The Bertz CT molecular complexity index is 1270. The van der Waals surface area contributed by atoms with Crippen LogP contribution in [0.4, 0.5) is 11.4 Å². The Labute approximate surface area is 189 Å². The van der Waals surface area contributed by atoms with Gasteiger partial charge in [-0.2, -0.15) is 5.26 Å². The van der Waals surface area contributed by atoms with E-state index in [0.717, 1.165) is 51.2 Å². The van der Waals surface area contributed by atoms with Gasteiger partial charge in [-0.15, -0.1) is 0 Å². The maximum atomic E-state index is 12.8. The van der Waals surface area contributed by atoms with Gasteiger partial charge in [-0.05, 0) is 45.6 Å². The molecular formula is C23H23BrN6O. The number of benzene rings is 1. The molecule has 0 saturated carbocycles. The maximum absolute atomic E-state index is 12.8. The third kappa shape index (κ3) is 3.48. The standard InChI is InChI=1S/C23H23BrN6O/c1-28-18-5-6-19(24)27-21(18)22(17(13-25)23(28)31)30-11-9-29(10-12-30)14-16-4-2-3-15-7-8-26-20(15)16/h2-6,26H,7-12,14H2,1H3. The number of anilines is 2. The Hall–Kier alpha value is -2.89. The van der Waals surface area contributed by atoms with E-state index in [9.17, 15) is 10.1 Å². The van der Waals surface area contributed by atoms with Crippen molar-refractivity contribution in [2.45, 2.75) is 13.0 Å². The van der Waals surface area contributed by atoms with Gasteiger partial charge in [-0.25, -0.2) is 4.98 Å². The summed E-state index contributed by atoms with van der Waals surface area (Å²) in [7, 11) is 1.69. The lowest BCUT2D eigenvalue weighted by Crippen LogP contribution is -2.47. The topological polar surface area (TPSA) is 77.2 Å². The molecule has 1 saturated heterocycles. The van der Waals surface area contributed by atoms with E-state index in [4.69, 9.17) is 0 Å². The van der Waals surface area contributed by atoms with E-state index in [-0.39, 0.29) is 11.1 Å². The van der Waals surface area contributed by atoms with Crippen molar-refractivity contribution in [3.8, 4) is 6.07 Å². The Balaban J connectivity index is 1.43. The minimum Gasteiger partial charge on any atom is -0.384 e. The summed E-state index contributed by atoms with van der Waals surface area (Å²) in [5.41, 5.74) is 6.00. The quantitative estimate of drug-likeness (QED) is 0.583. The van der Waals surface area contributed by atoms with Crippen LogP contribution < -0.4 is 15.8 Å². The number of para-hydroxylation sites is 1. The summed E-state index contributed by atoms with van der Waals surface area (Å²) < 4.78 is 2.20. The highest BCUT2D eigenvalue weighted by molar-refractivity contribution is 9.10. The van der Waals surface area contributed by atoms with Gasteiger partial charge >= 0.3 is 0 Å². The molecule has 31 heavy (non-hydrogen) atoms. The molecule has 2 aliphatic heterocycles. The summed E-state index contributed by atoms with van der Waals surface area (Å²) in [5, 5.41) is 13.3. The average Bonchev–Trinajstić information content (AvgIpc) is 3.27. The third-order valence-corrected chi connectivity index (χ3v) is 6.75. The predicted octanol–water partition coefficient (Wildman–Crippen LogP) is 2.86. The monoisotopic (exact) mass is 478 g/mol. The normalized spacial score (nSPS) is 16.2. The summed E-state index contributed by atoms with van der Waals surface area (Å²) in [6, 6.07) is 12.4. The zero-order valence-corrected chi connectivity index (χ0v) is 18.9. The van der Waals surface area contributed by atoms with Gasteiger partial charge in [0, 0.05) is 52.0 Å². The van der Waals surface area contributed by atoms with Crippen LogP contribution in [0.1, 0.15) is 16.7 Å². The number of fused-ring (bicyclic) bond motifs is 2. The lowest BCUT2D eigenvalue weighted by Gasteiger charge is -2.37. The summed E-state index contributed by atoms with van der Waals surface area (Å²) in [6.45, 7) is 5.12. The zero-order chi connectivity index (χ0) is 21.5. The van der Waals surface area contributed by atoms with Crippen molar-refractivity contribution < 1.29 is 0 Å². The van der Waals surface area contributed by atoms with Crippen molar-refractivity contribution in [2.75, 3.05) is 42.9 Å². The molecule has 0 amide bonds. The number of aromatic nitrogens is 2. The molecule has 0 unspecified atom stereocenters. The number of nitrogens with one attached hydrogen (secondary N) is 1. The van der Waals surface area contributed by atoms with Crippen LogP contribution in [0.25, 0.3) is 11.0 Å². The SMILES string of the molecule is Cn1c(=O)c(C#N)c(N2CCN(Cc3cccc4c3NCC4)CC2)c2nc(Br)ccc21. The highest BCUT2D eigenvalue weighted by atomic mass is 79.9.